The van der Waals surface area contributed by atoms with Crippen LogP contribution < -0.4 is 15.0 Å². The molecule has 2 amide bonds. The standard InChI is InChI=1S/C26H23N3O5S/c1-15-13-17(16(2)28(15)22-8-6-5-7-20(22)25(32)34-4)14-21-23(30)27-26(35)29(24(21)31)18-9-11-19(33-3)12-10-18/h5-14H,1-4H3,(H,27,30,35)/b21-14-. The molecule has 9 heteroatoms. The zero-order valence-electron chi connectivity index (χ0n) is 19.6. The normalized spacial score (nSPS) is 14.8. The molecule has 0 bridgehead atoms. The van der Waals surface area contributed by atoms with Crippen molar-refractivity contribution >= 4 is 46.9 Å². The smallest absolute Gasteiger partial charge is 0.339 e. The van der Waals surface area contributed by atoms with E-state index in [1.54, 1.807) is 43.5 Å². The van der Waals surface area contributed by atoms with E-state index >= 15 is 0 Å². The second-order valence-electron chi connectivity index (χ2n) is 7.83. The van der Waals surface area contributed by atoms with E-state index in [1.807, 2.05) is 36.6 Å². The van der Waals surface area contributed by atoms with E-state index in [-0.39, 0.29) is 10.7 Å². The van der Waals surface area contributed by atoms with E-state index in [2.05, 4.69) is 5.32 Å². The van der Waals surface area contributed by atoms with E-state index in [9.17, 15) is 14.4 Å². The Kier molecular flexibility index (Phi) is 6.52. The van der Waals surface area contributed by atoms with Gasteiger partial charge in [-0.25, -0.2) is 4.79 Å². The molecule has 0 aliphatic carbocycles. The number of para-hydroxylation sites is 1. The minimum absolute atomic E-state index is 0.000190. The molecule has 2 heterocycles. The maximum Gasteiger partial charge on any atom is 0.339 e. The van der Waals surface area contributed by atoms with Crippen molar-refractivity contribution in [3.05, 3.63) is 82.7 Å². The number of hydrogen-bond donors (Lipinski definition) is 1. The number of amides is 2. The third-order valence-corrected chi connectivity index (χ3v) is 6.04. The number of aromatic nitrogens is 1. The first kappa shape index (κ1) is 23.9. The summed E-state index contributed by atoms with van der Waals surface area (Å²) in [5.74, 6) is -0.949. The van der Waals surface area contributed by atoms with Gasteiger partial charge >= 0.3 is 5.97 Å². The minimum Gasteiger partial charge on any atom is -0.497 e. The average Bonchev–Trinajstić information content (AvgIpc) is 3.13. The monoisotopic (exact) mass is 489 g/mol. The Bertz CT molecular complexity index is 1390. The Morgan fingerprint density at radius 2 is 1.71 bits per heavy atom. The van der Waals surface area contributed by atoms with Crippen LogP contribution >= 0.6 is 12.2 Å². The summed E-state index contributed by atoms with van der Waals surface area (Å²) in [5.41, 5.74) is 3.70. The van der Waals surface area contributed by atoms with Gasteiger partial charge < -0.3 is 14.0 Å². The van der Waals surface area contributed by atoms with Crippen LogP contribution in [0.25, 0.3) is 11.8 Å². The van der Waals surface area contributed by atoms with Crippen LogP contribution in [0, 0.1) is 13.8 Å². The van der Waals surface area contributed by atoms with Crippen LogP contribution in [0.5, 0.6) is 5.75 Å². The molecule has 8 nitrogen and oxygen atoms in total. The lowest BCUT2D eigenvalue weighted by Gasteiger charge is -2.29. The quantitative estimate of drug-likeness (QED) is 0.254. The van der Waals surface area contributed by atoms with Crippen LogP contribution in [0.4, 0.5) is 5.69 Å². The zero-order chi connectivity index (χ0) is 25.3. The number of methoxy groups -OCH3 is 2. The number of hydrogen-bond acceptors (Lipinski definition) is 6. The Morgan fingerprint density at radius 3 is 2.37 bits per heavy atom. The number of rotatable bonds is 5. The van der Waals surface area contributed by atoms with Crippen molar-refractivity contribution in [1.29, 1.82) is 0 Å². The number of thiocarbonyl (C=S) groups is 1. The van der Waals surface area contributed by atoms with Gasteiger partial charge in [-0.2, -0.15) is 0 Å². The SMILES string of the molecule is COC(=O)c1ccccc1-n1c(C)cc(/C=C2/C(=O)NC(=S)N(c3ccc(OC)cc3)C2=O)c1C. The number of carbonyl (C=O) groups excluding carboxylic acids is 3. The number of nitrogens with one attached hydrogen (secondary N) is 1. The van der Waals surface area contributed by atoms with Gasteiger partial charge in [-0.05, 0) is 80.2 Å². The molecule has 3 aromatic rings. The maximum atomic E-state index is 13.4. The number of carbonyl (C=O) groups is 3. The molecule has 4 rings (SSSR count). The first-order valence-electron chi connectivity index (χ1n) is 10.7. The van der Waals surface area contributed by atoms with Crippen LogP contribution in [-0.4, -0.2) is 41.7 Å². The van der Waals surface area contributed by atoms with Crippen molar-refractivity contribution in [1.82, 2.24) is 9.88 Å². The van der Waals surface area contributed by atoms with Gasteiger partial charge in [0.25, 0.3) is 11.8 Å². The number of ether oxygens (including phenoxy) is 2. The Balaban J connectivity index is 1.77. The van der Waals surface area contributed by atoms with Crippen molar-refractivity contribution in [2.45, 2.75) is 13.8 Å². The van der Waals surface area contributed by atoms with Crippen LogP contribution in [0.2, 0.25) is 0 Å². The van der Waals surface area contributed by atoms with Gasteiger partial charge in [0.1, 0.15) is 11.3 Å². The Morgan fingerprint density at radius 1 is 1.03 bits per heavy atom. The van der Waals surface area contributed by atoms with Gasteiger partial charge in [0.2, 0.25) is 0 Å². The van der Waals surface area contributed by atoms with Gasteiger partial charge in [0.15, 0.2) is 5.11 Å². The summed E-state index contributed by atoms with van der Waals surface area (Å²) >= 11 is 5.27. The van der Waals surface area contributed by atoms with Crippen molar-refractivity contribution < 1.29 is 23.9 Å². The summed E-state index contributed by atoms with van der Waals surface area (Å²) in [5, 5.41) is 2.59. The molecule has 35 heavy (non-hydrogen) atoms. The lowest BCUT2D eigenvalue weighted by Crippen LogP contribution is -2.54. The molecule has 1 aliphatic heterocycles. The predicted molar refractivity (Wildman–Crippen MR) is 136 cm³/mol. The third kappa shape index (κ3) is 4.33. The molecular weight excluding hydrogens is 466 g/mol. The van der Waals surface area contributed by atoms with Crippen LogP contribution in [-0.2, 0) is 14.3 Å². The molecule has 0 spiro atoms. The van der Waals surface area contributed by atoms with Crippen LogP contribution in [0.1, 0.15) is 27.3 Å². The zero-order valence-corrected chi connectivity index (χ0v) is 20.4. The predicted octanol–water partition coefficient (Wildman–Crippen LogP) is 3.72. The fraction of sp³-hybridized carbons (Fsp3) is 0.154. The van der Waals surface area contributed by atoms with E-state index < -0.39 is 17.8 Å². The number of nitrogens with zero attached hydrogens (tertiary/aromatic N) is 2. The highest BCUT2D eigenvalue weighted by molar-refractivity contribution is 7.80. The number of esters is 1. The Labute approximate surface area is 207 Å². The highest BCUT2D eigenvalue weighted by Crippen LogP contribution is 2.28. The van der Waals surface area contributed by atoms with Crippen LogP contribution in [0.3, 0.4) is 0 Å². The molecule has 178 valence electrons. The van der Waals surface area contributed by atoms with E-state index in [1.165, 1.54) is 18.1 Å². The summed E-state index contributed by atoms with van der Waals surface area (Å²) in [4.78, 5) is 39.7. The van der Waals surface area contributed by atoms with E-state index in [4.69, 9.17) is 21.7 Å². The number of benzene rings is 2. The molecule has 1 saturated heterocycles. The molecule has 1 N–H and O–H groups in total. The van der Waals surface area contributed by atoms with Crippen molar-refractivity contribution in [2.24, 2.45) is 0 Å². The number of anilines is 1. The lowest BCUT2D eigenvalue weighted by atomic mass is 10.1. The maximum absolute atomic E-state index is 13.4. The van der Waals surface area contributed by atoms with Crippen molar-refractivity contribution in [2.75, 3.05) is 19.1 Å². The molecule has 1 aromatic heterocycles. The minimum atomic E-state index is -0.579. The highest BCUT2D eigenvalue weighted by atomic mass is 32.1. The van der Waals surface area contributed by atoms with Crippen LogP contribution in [0.15, 0.2) is 60.2 Å². The third-order valence-electron chi connectivity index (χ3n) is 5.75. The van der Waals surface area contributed by atoms with E-state index in [0.717, 1.165) is 11.4 Å². The topological polar surface area (TPSA) is 89.9 Å². The van der Waals surface area contributed by atoms with Gasteiger partial charge in [-0.3, -0.25) is 19.8 Å². The van der Waals surface area contributed by atoms with E-state index in [0.29, 0.717) is 28.3 Å². The summed E-state index contributed by atoms with van der Waals surface area (Å²) in [6.45, 7) is 3.73. The van der Waals surface area contributed by atoms with Gasteiger partial charge in [-0.1, -0.05) is 12.1 Å². The summed E-state index contributed by atoms with van der Waals surface area (Å²) in [6.07, 6.45) is 1.54. The average molecular weight is 490 g/mol. The molecule has 0 radical (unpaired) electrons. The summed E-state index contributed by atoms with van der Waals surface area (Å²) in [7, 11) is 2.88. The first-order valence-corrected chi connectivity index (χ1v) is 11.1. The second kappa shape index (κ2) is 9.55. The first-order chi connectivity index (χ1) is 16.8. The van der Waals surface area contributed by atoms with Crippen molar-refractivity contribution in [3.63, 3.8) is 0 Å². The summed E-state index contributed by atoms with van der Waals surface area (Å²) < 4.78 is 12.0. The van der Waals surface area contributed by atoms with Gasteiger partial charge in [-0.15, -0.1) is 0 Å². The van der Waals surface area contributed by atoms with Gasteiger partial charge in [0.05, 0.1) is 31.2 Å². The molecule has 1 fully saturated rings. The Hall–Kier alpha value is -4.24. The lowest BCUT2D eigenvalue weighted by molar-refractivity contribution is -0.122. The molecular formula is C26H23N3O5S. The fourth-order valence-electron chi connectivity index (χ4n) is 4.03. The fourth-order valence-corrected chi connectivity index (χ4v) is 4.32. The highest BCUT2D eigenvalue weighted by Gasteiger charge is 2.34. The largest absolute Gasteiger partial charge is 0.497 e. The second-order valence-corrected chi connectivity index (χ2v) is 8.21. The molecule has 0 saturated carbocycles. The molecule has 0 unspecified atom stereocenters. The molecule has 0 atom stereocenters. The molecule has 2 aromatic carbocycles. The number of aryl methyl sites for hydroxylation is 1. The van der Waals surface area contributed by atoms with Gasteiger partial charge in [0, 0.05) is 11.4 Å². The molecule has 1 aliphatic rings. The summed E-state index contributed by atoms with van der Waals surface area (Å²) in [6, 6.07) is 15.7. The van der Waals surface area contributed by atoms with Crippen molar-refractivity contribution in [3.8, 4) is 11.4 Å².